The van der Waals surface area contributed by atoms with Gasteiger partial charge in [0.2, 0.25) is 0 Å². The number of hydrogen-bond acceptors (Lipinski definition) is 5. The first-order valence-electron chi connectivity index (χ1n) is 7.41. The number of halogens is 1. The SMILES string of the molecule is COc1ccc(Cl)cc1Nc1cc(Nc2ccccc2C)ncn1. The lowest BCUT2D eigenvalue weighted by molar-refractivity contribution is 0.417. The summed E-state index contributed by atoms with van der Waals surface area (Å²) in [6.45, 7) is 2.04. The minimum Gasteiger partial charge on any atom is -0.495 e. The number of para-hydroxylation sites is 1. The molecule has 0 aliphatic rings. The highest BCUT2D eigenvalue weighted by Gasteiger charge is 2.07. The topological polar surface area (TPSA) is 59.1 Å². The predicted octanol–water partition coefficient (Wildman–Crippen LogP) is 4.93. The highest BCUT2D eigenvalue weighted by Crippen LogP contribution is 2.30. The molecule has 6 heteroatoms. The number of hydrogen-bond donors (Lipinski definition) is 2. The largest absolute Gasteiger partial charge is 0.495 e. The molecule has 5 nitrogen and oxygen atoms in total. The third-order valence-corrected chi connectivity index (χ3v) is 3.73. The highest BCUT2D eigenvalue weighted by molar-refractivity contribution is 6.31. The van der Waals surface area contributed by atoms with Crippen LogP contribution in [-0.4, -0.2) is 17.1 Å². The molecule has 0 saturated carbocycles. The summed E-state index contributed by atoms with van der Waals surface area (Å²) in [5, 5.41) is 7.11. The summed E-state index contributed by atoms with van der Waals surface area (Å²) in [6.07, 6.45) is 1.50. The Balaban J connectivity index is 1.84. The highest BCUT2D eigenvalue weighted by atomic mass is 35.5. The lowest BCUT2D eigenvalue weighted by Gasteiger charge is -2.12. The molecule has 122 valence electrons. The van der Waals surface area contributed by atoms with Crippen molar-refractivity contribution in [2.75, 3.05) is 17.7 Å². The quantitative estimate of drug-likeness (QED) is 0.689. The monoisotopic (exact) mass is 340 g/mol. The number of aryl methyl sites for hydroxylation is 1. The van der Waals surface area contributed by atoms with Gasteiger partial charge in [0.15, 0.2) is 0 Å². The van der Waals surface area contributed by atoms with E-state index in [1.807, 2.05) is 37.3 Å². The van der Waals surface area contributed by atoms with Crippen molar-refractivity contribution < 1.29 is 4.74 Å². The van der Waals surface area contributed by atoms with E-state index in [0.717, 1.165) is 16.9 Å². The number of rotatable bonds is 5. The first-order valence-corrected chi connectivity index (χ1v) is 7.79. The molecular formula is C18H17ClN4O. The van der Waals surface area contributed by atoms with Gasteiger partial charge in [-0.25, -0.2) is 9.97 Å². The van der Waals surface area contributed by atoms with Gasteiger partial charge in [-0.05, 0) is 36.8 Å². The number of methoxy groups -OCH3 is 1. The molecule has 0 bridgehead atoms. The molecule has 0 aliphatic carbocycles. The van der Waals surface area contributed by atoms with Crippen LogP contribution in [-0.2, 0) is 0 Å². The van der Waals surface area contributed by atoms with Crippen LogP contribution in [0, 0.1) is 6.92 Å². The average molecular weight is 341 g/mol. The molecule has 0 amide bonds. The Morgan fingerprint density at radius 1 is 0.917 bits per heavy atom. The molecule has 24 heavy (non-hydrogen) atoms. The molecule has 0 aliphatic heterocycles. The fourth-order valence-corrected chi connectivity index (χ4v) is 2.43. The number of anilines is 4. The summed E-state index contributed by atoms with van der Waals surface area (Å²) in [5.41, 5.74) is 2.88. The maximum Gasteiger partial charge on any atom is 0.142 e. The van der Waals surface area contributed by atoms with Gasteiger partial charge < -0.3 is 15.4 Å². The summed E-state index contributed by atoms with van der Waals surface area (Å²) in [6, 6.07) is 15.2. The van der Waals surface area contributed by atoms with E-state index in [2.05, 4.69) is 20.6 Å². The molecule has 0 spiro atoms. The standard InChI is InChI=1S/C18H17ClN4O/c1-12-5-3-4-6-14(12)22-17-10-18(21-11-20-17)23-15-9-13(19)7-8-16(15)24-2/h3-11H,1-2H3,(H2,20,21,22,23). The molecule has 0 atom stereocenters. The van der Waals surface area contributed by atoms with Gasteiger partial charge in [0, 0.05) is 16.8 Å². The molecule has 0 radical (unpaired) electrons. The van der Waals surface area contributed by atoms with E-state index in [-0.39, 0.29) is 0 Å². The normalized spacial score (nSPS) is 10.3. The lowest BCUT2D eigenvalue weighted by atomic mass is 10.2. The minimum atomic E-state index is 0.616. The summed E-state index contributed by atoms with van der Waals surface area (Å²) >= 11 is 6.06. The smallest absolute Gasteiger partial charge is 0.142 e. The first-order chi connectivity index (χ1) is 11.7. The zero-order valence-electron chi connectivity index (χ0n) is 13.4. The van der Waals surface area contributed by atoms with Crippen molar-refractivity contribution >= 4 is 34.6 Å². The van der Waals surface area contributed by atoms with Crippen molar-refractivity contribution in [3.8, 4) is 5.75 Å². The van der Waals surface area contributed by atoms with Crippen LogP contribution >= 0.6 is 11.6 Å². The lowest BCUT2D eigenvalue weighted by Crippen LogP contribution is -2.00. The minimum absolute atomic E-state index is 0.616. The Morgan fingerprint density at radius 3 is 2.33 bits per heavy atom. The van der Waals surface area contributed by atoms with Crippen LogP contribution in [0.2, 0.25) is 5.02 Å². The van der Waals surface area contributed by atoms with Crippen LogP contribution in [0.4, 0.5) is 23.0 Å². The second-order valence-corrected chi connectivity index (χ2v) is 5.63. The predicted molar refractivity (Wildman–Crippen MR) is 97.8 cm³/mol. The van der Waals surface area contributed by atoms with E-state index in [9.17, 15) is 0 Å². The van der Waals surface area contributed by atoms with Gasteiger partial charge in [-0.1, -0.05) is 29.8 Å². The summed E-state index contributed by atoms with van der Waals surface area (Å²) < 4.78 is 5.33. The third-order valence-electron chi connectivity index (χ3n) is 3.50. The van der Waals surface area contributed by atoms with Crippen LogP contribution in [0.3, 0.4) is 0 Å². The van der Waals surface area contributed by atoms with Crippen molar-refractivity contribution in [2.24, 2.45) is 0 Å². The van der Waals surface area contributed by atoms with Crippen molar-refractivity contribution in [1.29, 1.82) is 0 Å². The van der Waals surface area contributed by atoms with Crippen LogP contribution < -0.4 is 15.4 Å². The van der Waals surface area contributed by atoms with Crippen molar-refractivity contribution in [1.82, 2.24) is 9.97 Å². The van der Waals surface area contributed by atoms with E-state index in [1.54, 1.807) is 25.3 Å². The Morgan fingerprint density at radius 2 is 1.62 bits per heavy atom. The van der Waals surface area contributed by atoms with E-state index in [0.29, 0.717) is 22.4 Å². The third kappa shape index (κ3) is 3.75. The van der Waals surface area contributed by atoms with Gasteiger partial charge in [0.1, 0.15) is 23.7 Å². The Labute approximate surface area is 145 Å². The van der Waals surface area contributed by atoms with Gasteiger partial charge in [-0.3, -0.25) is 0 Å². The van der Waals surface area contributed by atoms with Gasteiger partial charge in [-0.15, -0.1) is 0 Å². The van der Waals surface area contributed by atoms with E-state index in [4.69, 9.17) is 16.3 Å². The summed E-state index contributed by atoms with van der Waals surface area (Å²) in [4.78, 5) is 8.50. The second kappa shape index (κ2) is 7.19. The van der Waals surface area contributed by atoms with Crippen molar-refractivity contribution in [3.63, 3.8) is 0 Å². The van der Waals surface area contributed by atoms with Gasteiger partial charge >= 0.3 is 0 Å². The number of ether oxygens (including phenoxy) is 1. The maximum absolute atomic E-state index is 6.06. The summed E-state index contributed by atoms with van der Waals surface area (Å²) in [7, 11) is 1.61. The van der Waals surface area contributed by atoms with E-state index < -0.39 is 0 Å². The zero-order chi connectivity index (χ0) is 16.9. The molecular weight excluding hydrogens is 324 g/mol. The van der Waals surface area contributed by atoms with Crippen LogP contribution in [0.1, 0.15) is 5.56 Å². The van der Waals surface area contributed by atoms with E-state index in [1.165, 1.54) is 6.33 Å². The van der Waals surface area contributed by atoms with Gasteiger partial charge in [-0.2, -0.15) is 0 Å². The van der Waals surface area contributed by atoms with Gasteiger partial charge in [0.05, 0.1) is 12.8 Å². The molecule has 1 aromatic heterocycles. The van der Waals surface area contributed by atoms with E-state index >= 15 is 0 Å². The number of benzene rings is 2. The van der Waals surface area contributed by atoms with Gasteiger partial charge in [0.25, 0.3) is 0 Å². The summed E-state index contributed by atoms with van der Waals surface area (Å²) in [5.74, 6) is 2.02. The van der Waals surface area contributed by atoms with Crippen LogP contribution in [0.5, 0.6) is 5.75 Å². The maximum atomic E-state index is 6.06. The number of nitrogens with one attached hydrogen (secondary N) is 2. The van der Waals surface area contributed by atoms with Crippen LogP contribution in [0.15, 0.2) is 54.9 Å². The fraction of sp³-hybridized carbons (Fsp3) is 0.111. The van der Waals surface area contributed by atoms with Crippen molar-refractivity contribution in [3.05, 3.63) is 65.4 Å². The molecule has 3 rings (SSSR count). The molecule has 0 unspecified atom stereocenters. The van der Waals surface area contributed by atoms with Crippen LogP contribution in [0.25, 0.3) is 0 Å². The number of aromatic nitrogens is 2. The number of nitrogens with zero attached hydrogens (tertiary/aromatic N) is 2. The molecule has 2 aromatic carbocycles. The average Bonchev–Trinajstić information content (AvgIpc) is 2.58. The van der Waals surface area contributed by atoms with Crippen molar-refractivity contribution in [2.45, 2.75) is 6.92 Å². The molecule has 3 aromatic rings. The molecule has 1 heterocycles. The Hall–Kier alpha value is -2.79. The second-order valence-electron chi connectivity index (χ2n) is 5.20. The molecule has 0 fully saturated rings. The zero-order valence-corrected chi connectivity index (χ0v) is 14.1. The molecule has 2 N–H and O–H groups in total. The molecule has 0 saturated heterocycles. The Bertz CT molecular complexity index is 854. The fourth-order valence-electron chi connectivity index (χ4n) is 2.26. The first kappa shape index (κ1) is 16.1. The Kier molecular flexibility index (Phi) is 4.82.